The topological polar surface area (TPSA) is 26.0 Å². The average molecular weight is 201 g/mol. The molecule has 0 aromatic heterocycles. The summed E-state index contributed by atoms with van der Waals surface area (Å²) in [6.45, 7) is 12.6. The van der Waals surface area contributed by atoms with Gasteiger partial charge in [-0.1, -0.05) is 20.3 Å². The Bertz CT molecular complexity index is 130. The van der Waals surface area contributed by atoms with Crippen LogP contribution in [0.5, 0.6) is 0 Å². The van der Waals surface area contributed by atoms with Gasteiger partial charge in [-0.15, -0.1) is 0 Å². The smallest absolute Gasteiger partial charge is 0.140 e. The molecule has 2 heteroatoms. The first-order valence-corrected chi connectivity index (χ1v) is 6.28. The van der Waals surface area contributed by atoms with E-state index in [0.29, 0.717) is 6.17 Å². The zero-order chi connectivity index (χ0) is 11.0. The normalized spacial score (nSPS) is 14.4. The second kappa shape index (κ2) is 7.24. The number of hydrogen-bond acceptors (Lipinski definition) is 1. The second-order valence-electron chi connectivity index (χ2n) is 4.26. The van der Waals surface area contributed by atoms with Crippen LogP contribution in [0.1, 0.15) is 53.4 Å². The van der Waals surface area contributed by atoms with Gasteiger partial charge in [0, 0.05) is 6.42 Å². The van der Waals surface area contributed by atoms with Gasteiger partial charge in [-0.2, -0.15) is 0 Å². The molecule has 0 fully saturated rings. The summed E-state index contributed by atoms with van der Waals surface area (Å²) in [6, 6.07) is 0. The number of rotatable bonds is 8. The largest absolute Gasteiger partial charge is 0.309 e. The Kier molecular flexibility index (Phi) is 7.20. The first-order chi connectivity index (χ1) is 6.66. The van der Waals surface area contributed by atoms with Gasteiger partial charge in [0.25, 0.3) is 0 Å². The predicted octanol–water partition coefficient (Wildman–Crippen LogP) is 2.73. The Morgan fingerprint density at radius 1 is 1.00 bits per heavy atom. The molecule has 0 aromatic rings. The van der Waals surface area contributed by atoms with Gasteiger partial charge >= 0.3 is 0 Å². The van der Waals surface area contributed by atoms with Gasteiger partial charge in [0.05, 0.1) is 19.6 Å². The van der Waals surface area contributed by atoms with Crippen molar-refractivity contribution in [2.75, 3.05) is 19.6 Å². The van der Waals surface area contributed by atoms with Gasteiger partial charge in [0.15, 0.2) is 0 Å². The van der Waals surface area contributed by atoms with E-state index >= 15 is 0 Å². The monoisotopic (exact) mass is 201 g/mol. The first-order valence-electron chi connectivity index (χ1n) is 6.28. The van der Waals surface area contributed by atoms with Crippen molar-refractivity contribution >= 4 is 0 Å². The maximum absolute atomic E-state index is 6.23. The van der Waals surface area contributed by atoms with E-state index in [1.807, 2.05) is 0 Å². The number of nitrogens with zero attached hydrogens (tertiary/aromatic N) is 1. The number of hydrogen-bond donors (Lipinski definition) is 1. The Balaban J connectivity index is 4.21. The molecule has 1 unspecified atom stereocenters. The molecule has 0 saturated heterocycles. The molecule has 0 rings (SSSR count). The third kappa shape index (κ3) is 3.58. The van der Waals surface area contributed by atoms with E-state index in [0.717, 1.165) is 10.9 Å². The van der Waals surface area contributed by atoms with Crippen LogP contribution in [-0.4, -0.2) is 30.3 Å². The molecule has 0 saturated carbocycles. The van der Waals surface area contributed by atoms with Crippen molar-refractivity contribution in [3.8, 4) is 0 Å². The lowest BCUT2D eigenvalue weighted by molar-refractivity contribution is -0.948. The summed E-state index contributed by atoms with van der Waals surface area (Å²) >= 11 is 0. The fourth-order valence-corrected chi connectivity index (χ4v) is 2.24. The summed E-state index contributed by atoms with van der Waals surface area (Å²) in [5.41, 5.74) is 6.23. The van der Waals surface area contributed by atoms with E-state index in [9.17, 15) is 0 Å². The van der Waals surface area contributed by atoms with Crippen molar-refractivity contribution in [1.29, 1.82) is 0 Å². The average Bonchev–Trinajstić information content (AvgIpc) is 2.24. The minimum atomic E-state index is 0.335. The summed E-state index contributed by atoms with van der Waals surface area (Å²) in [6.07, 6.45) is 5.40. The highest BCUT2D eigenvalue weighted by atomic mass is 15.4. The van der Waals surface area contributed by atoms with Crippen molar-refractivity contribution in [3.05, 3.63) is 0 Å². The molecule has 14 heavy (non-hydrogen) atoms. The van der Waals surface area contributed by atoms with E-state index in [4.69, 9.17) is 5.73 Å². The fourth-order valence-electron chi connectivity index (χ4n) is 2.24. The van der Waals surface area contributed by atoms with Crippen LogP contribution in [0.3, 0.4) is 0 Å². The summed E-state index contributed by atoms with van der Waals surface area (Å²) in [5, 5.41) is 0. The number of unbranched alkanes of at least 4 members (excludes halogenated alkanes) is 2. The molecule has 0 radical (unpaired) electrons. The van der Waals surface area contributed by atoms with Crippen LogP contribution < -0.4 is 5.73 Å². The zero-order valence-electron chi connectivity index (χ0n) is 10.6. The van der Waals surface area contributed by atoms with Crippen molar-refractivity contribution < 1.29 is 4.48 Å². The highest BCUT2D eigenvalue weighted by Gasteiger charge is 2.28. The molecular formula is C12H29N2+. The highest BCUT2D eigenvalue weighted by Crippen LogP contribution is 2.15. The van der Waals surface area contributed by atoms with Gasteiger partial charge in [0.2, 0.25) is 0 Å². The lowest BCUT2D eigenvalue weighted by Gasteiger charge is -2.41. The molecular weight excluding hydrogens is 172 g/mol. The van der Waals surface area contributed by atoms with Crippen LogP contribution >= 0.6 is 0 Å². The minimum Gasteiger partial charge on any atom is -0.309 e. The van der Waals surface area contributed by atoms with E-state index in [-0.39, 0.29) is 0 Å². The molecule has 2 nitrogen and oxygen atoms in total. The molecule has 0 aliphatic rings. The summed E-state index contributed by atoms with van der Waals surface area (Å²) < 4.78 is 1.11. The van der Waals surface area contributed by atoms with E-state index in [2.05, 4.69) is 27.7 Å². The molecule has 0 bridgehead atoms. The first kappa shape index (κ1) is 13.9. The fraction of sp³-hybridized carbons (Fsp3) is 1.00. The molecule has 1 atom stereocenters. The summed E-state index contributed by atoms with van der Waals surface area (Å²) in [7, 11) is 0. The van der Waals surface area contributed by atoms with Crippen LogP contribution in [0.4, 0.5) is 0 Å². The van der Waals surface area contributed by atoms with Gasteiger partial charge in [0.1, 0.15) is 6.17 Å². The maximum atomic E-state index is 6.23. The van der Waals surface area contributed by atoms with E-state index in [1.54, 1.807) is 0 Å². The summed E-state index contributed by atoms with van der Waals surface area (Å²) in [4.78, 5) is 0. The van der Waals surface area contributed by atoms with Gasteiger partial charge < -0.3 is 4.48 Å². The third-order valence-corrected chi connectivity index (χ3v) is 3.59. The van der Waals surface area contributed by atoms with Gasteiger partial charge in [-0.3, -0.25) is 5.73 Å². The molecule has 0 amide bonds. The number of quaternary nitrogens is 1. The molecule has 0 aliphatic carbocycles. The predicted molar refractivity (Wildman–Crippen MR) is 64.0 cm³/mol. The van der Waals surface area contributed by atoms with Gasteiger partial charge in [-0.25, -0.2) is 0 Å². The van der Waals surface area contributed by atoms with Gasteiger partial charge in [-0.05, 0) is 26.7 Å². The van der Waals surface area contributed by atoms with Crippen LogP contribution in [0.25, 0.3) is 0 Å². The number of nitrogens with two attached hydrogens (primary N) is 1. The molecule has 0 aliphatic heterocycles. The Morgan fingerprint density at radius 3 is 1.93 bits per heavy atom. The maximum Gasteiger partial charge on any atom is 0.140 e. The molecule has 0 aromatic carbocycles. The quantitative estimate of drug-likeness (QED) is 0.365. The van der Waals surface area contributed by atoms with Crippen molar-refractivity contribution in [2.45, 2.75) is 59.5 Å². The van der Waals surface area contributed by atoms with Crippen molar-refractivity contribution in [1.82, 2.24) is 0 Å². The zero-order valence-corrected chi connectivity index (χ0v) is 10.6. The SMILES string of the molecule is CCCCC[N+](CC)(CC)C(N)CC. The van der Waals surface area contributed by atoms with Crippen LogP contribution in [-0.2, 0) is 0 Å². The van der Waals surface area contributed by atoms with Crippen LogP contribution in [0.2, 0.25) is 0 Å². The standard InChI is InChI=1S/C12H29N2/c1-5-9-10-11-14(7-3,8-4)12(13)6-2/h12H,5-11,13H2,1-4H3/q+1. The van der Waals surface area contributed by atoms with E-state index < -0.39 is 0 Å². The third-order valence-electron chi connectivity index (χ3n) is 3.59. The molecule has 86 valence electrons. The lowest BCUT2D eigenvalue weighted by atomic mass is 10.1. The van der Waals surface area contributed by atoms with E-state index in [1.165, 1.54) is 38.9 Å². The second-order valence-corrected chi connectivity index (χ2v) is 4.26. The summed E-state index contributed by atoms with van der Waals surface area (Å²) in [5.74, 6) is 0. The van der Waals surface area contributed by atoms with Crippen molar-refractivity contribution in [3.63, 3.8) is 0 Å². The van der Waals surface area contributed by atoms with Crippen LogP contribution in [0.15, 0.2) is 0 Å². The Labute approximate surface area is 90.1 Å². The highest BCUT2D eigenvalue weighted by molar-refractivity contribution is 4.50. The molecule has 0 spiro atoms. The Morgan fingerprint density at radius 2 is 1.57 bits per heavy atom. The minimum absolute atomic E-state index is 0.335. The Hall–Kier alpha value is -0.0800. The lowest BCUT2D eigenvalue weighted by Crippen LogP contribution is -2.59. The van der Waals surface area contributed by atoms with Crippen molar-refractivity contribution in [2.24, 2.45) is 5.73 Å². The molecule has 2 N–H and O–H groups in total. The molecule has 0 heterocycles. The van der Waals surface area contributed by atoms with Crippen LogP contribution in [0, 0.1) is 0 Å².